The van der Waals surface area contributed by atoms with Crippen LogP contribution in [0.15, 0.2) is 0 Å². The average Bonchev–Trinajstić information content (AvgIpc) is 2.84. The highest BCUT2D eigenvalue weighted by Crippen LogP contribution is 2.31. The molecule has 5 nitrogen and oxygen atoms in total. The summed E-state index contributed by atoms with van der Waals surface area (Å²) >= 11 is 0. The average molecular weight is 266 g/mol. The molecule has 3 heterocycles. The first-order chi connectivity index (χ1) is 9.12. The molecule has 2 unspecified atom stereocenters. The Morgan fingerprint density at radius 2 is 2.11 bits per heavy atom. The lowest BCUT2D eigenvalue weighted by atomic mass is 9.91. The van der Waals surface area contributed by atoms with E-state index in [0.29, 0.717) is 19.6 Å². The summed E-state index contributed by atoms with van der Waals surface area (Å²) in [6.45, 7) is 4.77. The van der Waals surface area contributed by atoms with Gasteiger partial charge in [0.1, 0.15) is 6.04 Å². The molecule has 0 bridgehead atoms. The van der Waals surface area contributed by atoms with Crippen LogP contribution in [0, 0.1) is 0 Å². The van der Waals surface area contributed by atoms with Crippen LogP contribution in [0.3, 0.4) is 0 Å². The van der Waals surface area contributed by atoms with Gasteiger partial charge in [-0.05, 0) is 32.6 Å². The second-order valence-corrected chi connectivity index (χ2v) is 6.14. The van der Waals surface area contributed by atoms with Gasteiger partial charge < -0.3 is 14.5 Å². The molecule has 2 amide bonds. The third-order valence-corrected chi connectivity index (χ3v) is 4.74. The summed E-state index contributed by atoms with van der Waals surface area (Å²) in [5.74, 6) is 0.273. The summed E-state index contributed by atoms with van der Waals surface area (Å²) in [6, 6.07) is -0.214. The molecule has 3 saturated heterocycles. The van der Waals surface area contributed by atoms with Crippen molar-refractivity contribution in [2.75, 3.05) is 26.3 Å². The first-order valence-electron chi connectivity index (χ1n) is 7.30. The van der Waals surface area contributed by atoms with Gasteiger partial charge in [-0.3, -0.25) is 9.59 Å². The van der Waals surface area contributed by atoms with Gasteiger partial charge in [0.25, 0.3) is 0 Å². The van der Waals surface area contributed by atoms with Crippen molar-refractivity contribution in [2.24, 2.45) is 0 Å². The van der Waals surface area contributed by atoms with Gasteiger partial charge in [-0.25, -0.2) is 0 Å². The summed E-state index contributed by atoms with van der Waals surface area (Å²) in [5.41, 5.74) is -0.228. The van der Waals surface area contributed by atoms with Crippen LogP contribution in [-0.2, 0) is 14.3 Å². The number of ether oxygens (including phenoxy) is 1. The van der Waals surface area contributed by atoms with Crippen molar-refractivity contribution in [1.29, 1.82) is 0 Å². The molecule has 0 aromatic rings. The van der Waals surface area contributed by atoms with Gasteiger partial charge in [0, 0.05) is 26.1 Å². The molecule has 2 atom stereocenters. The zero-order valence-corrected chi connectivity index (χ0v) is 11.6. The molecule has 0 aromatic heterocycles. The van der Waals surface area contributed by atoms with Gasteiger partial charge in [0.15, 0.2) is 0 Å². The fourth-order valence-corrected chi connectivity index (χ4v) is 3.63. The van der Waals surface area contributed by atoms with Crippen LogP contribution in [0.4, 0.5) is 0 Å². The summed E-state index contributed by atoms with van der Waals surface area (Å²) < 4.78 is 5.57. The first kappa shape index (κ1) is 12.9. The Morgan fingerprint density at radius 3 is 2.84 bits per heavy atom. The third kappa shape index (κ3) is 2.14. The summed E-state index contributed by atoms with van der Waals surface area (Å²) in [6.07, 6.45) is 4.18. The van der Waals surface area contributed by atoms with Crippen LogP contribution in [0.5, 0.6) is 0 Å². The van der Waals surface area contributed by atoms with E-state index in [9.17, 15) is 9.59 Å². The molecule has 106 valence electrons. The summed E-state index contributed by atoms with van der Waals surface area (Å²) in [7, 11) is 0. The van der Waals surface area contributed by atoms with E-state index in [2.05, 4.69) is 6.92 Å². The molecule has 3 aliphatic rings. The lowest BCUT2D eigenvalue weighted by molar-refractivity contribution is -0.147. The Morgan fingerprint density at radius 1 is 1.26 bits per heavy atom. The quantitative estimate of drug-likeness (QED) is 0.704. The second-order valence-electron chi connectivity index (χ2n) is 6.14. The van der Waals surface area contributed by atoms with Gasteiger partial charge in [-0.15, -0.1) is 0 Å². The maximum absolute atomic E-state index is 12.8. The molecule has 3 fully saturated rings. The lowest BCUT2D eigenvalue weighted by Crippen LogP contribution is -2.57. The van der Waals surface area contributed by atoms with E-state index in [0.717, 1.165) is 38.8 Å². The number of hydrogen-bond acceptors (Lipinski definition) is 3. The molecule has 0 N–H and O–H groups in total. The normalized spacial score (nSPS) is 36.4. The van der Waals surface area contributed by atoms with Crippen LogP contribution < -0.4 is 0 Å². The maximum Gasteiger partial charge on any atom is 0.245 e. The number of carbonyl (C=O) groups is 2. The smallest absolute Gasteiger partial charge is 0.245 e. The van der Waals surface area contributed by atoms with Crippen LogP contribution in [0.1, 0.15) is 39.0 Å². The first-order valence-corrected chi connectivity index (χ1v) is 7.30. The van der Waals surface area contributed by atoms with E-state index in [1.807, 2.05) is 4.90 Å². The van der Waals surface area contributed by atoms with Crippen molar-refractivity contribution in [1.82, 2.24) is 9.80 Å². The Kier molecular flexibility index (Phi) is 3.25. The molecule has 0 radical (unpaired) electrons. The molecular formula is C14H22N2O3. The van der Waals surface area contributed by atoms with Crippen molar-refractivity contribution in [2.45, 2.75) is 50.6 Å². The molecule has 5 heteroatoms. The van der Waals surface area contributed by atoms with Crippen molar-refractivity contribution >= 4 is 11.8 Å². The lowest BCUT2D eigenvalue weighted by Gasteiger charge is -2.44. The van der Waals surface area contributed by atoms with Crippen molar-refractivity contribution in [3.8, 4) is 0 Å². The largest absolute Gasteiger partial charge is 0.379 e. The highest BCUT2D eigenvalue weighted by Gasteiger charge is 2.45. The zero-order chi connectivity index (χ0) is 13.5. The van der Waals surface area contributed by atoms with Crippen LogP contribution in [-0.4, -0.2) is 59.5 Å². The Hall–Kier alpha value is -1.10. The standard InChI is InChI=1S/C14H22N2O3/c1-14(6-3-9-19-10-14)16-8-5-12(17)15-7-2-4-11(15)13(16)18/h11H,2-10H2,1H3. The van der Waals surface area contributed by atoms with E-state index in [1.165, 1.54) is 0 Å². The molecule has 3 rings (SSSR count). The molecular weight excluding hydrogens is 244 g/mol. The number of amides is 2. The van der Waals surface area contributed by atoms with Crippen LogP contribution in [0.2, 0.25) is 0 Å². The van der Waals surface area contributed by atoms with Crippen molar-refractivity contribution in [3.05, 3.63) is 0 Å². The third-order valence-electron chi connectivity index (χ3n) is 4.74. The minimum absolute atomic E-state index is 0.136. The fraction of sp³-hybridized carbons (Fsp3) is 0.857. The highest BCUT2D eigenvalue weighted by atomic mass is 16.5. The number of nitrogens with zero attached hydrogens (tertiary/aromatic N) is 2. The van der Waals surface area contributed by atoms with E-state index in [-0.39, 0.29) is 23.4 Å². The van der Waals surface area contributed by atoms with E-state index >= 15 is 0 Å². The van der Waals surface area contributed by atoms with Gasteiger partial charge in [0.2, 0.25) is 11.8 Å². The maximum atomic E-state index is 12.8. The molecule has 3 aliphatic heterocycles. The monoisotopic (exact) mass is 266 g/mol. The van der Waals surface area contributed by atoms with Crippen LogP contribution >= 0.6 is 0 Å². The molecule has 0 spiro atoms. The van der Waals surface area contributed by atoms with Crippen LogP contribution in [0.25, 0.3) is 0 Å². The Bertz CT molecular complexity index is 390. The van der Waals surface area contributed by atoms with Crippen molar-refractivity contribution in [3.63, 3.8) is 0 Å². The topological polar surface area (TPSA) is 49.9 Å². The second kappa shape index (κ2) is 4.78. The number of hydrogen-bond donors (Lipinski definition) is 0. The minimum Gasteiger partial charge on any atom is -0.379 e. The molecule has 19 heavy (non-hydrogen) atoms. The van der Waals surface area contributed by atoms with Gasteiger partial charge >= 0.3 is 0 Å². The summed E-state index contributed by atoms with van der Waals surface area (Å²) in [4.78, 5) is 28.6. The Balaban J connectivity index is 1.85. The number of rotatable bonds is 1. The van der Waals surface area contributed by atoms with E-state index in [1.54, 1.807) is 4.90 Å². The molecule has 0 aromatic carbocycles. The molecule has 0 aliphatic carbocycles. The van der Waals surface area contributed by atoms with Gasteiger partial charge in [0.05, 0.1) is 12.1 Å². The highest BCUT2D eigenvalue weighted by molar-refractivity contribution is 5.91. The molecule has 0 saturated carbocycles. The minimum atomic E-state index is -0.228. The van der Waals surface area contributed by atoms with Gasteiger partial charge in [-0.2, -0.15) is 0 Å². The predicted octanol–water partition coefficient (Wildman–Crippen LogP) is 0.779. The van der Waals surface area contributed by atoms with Gasteiger partial charge in [-0.1, -0.05) is 0 Å². The fourth-order valence-electron chi connectivity index (χ4n) is 3.63. The predicted molar refractivity (Wildman–Crippen MR) is 69.5 cm³/mol. The SMILES string of the molecule is CC1(N2CCC(=O)N3CCCC3C2=O)CCCOC1. The number of fused-ring (bicyclic) bond motifs is 1. The van der Waals surface area contributed by atoms with Crippen molar-refractivity contribution < 1.29 is 14.3 Å². The van der Waals surface area contributed by atoms with E-state index in [4.69, 9.17) is 4.74 Å². The summed E-state index contributed by atoms with van der Waals surface area (Å²) in [5, 5.41) is 0. The zero-order valence-electron chi connectivity index (χ0n) is 11.6. The Labute approximate surface area is 113 Å². The number of carbonyl (C=O) groups excluding carboxylic acids is 2. The van der Waals surface area contributed by atoms with E-state index < -0.39 is 0 Å².